The summed E-state index contributed by atoms with van der Waals surface area (Å²) in [6, 6.07) is 14.4. The molecular formula is C20H23ClN2O3. The van der Waals surface area contributed by atoms with Gasteiger partial charge in [0.1, 0.15) is 5.75 Å². The van der Waals surface area contributed by atoms with E-state index in [1.807, 2.05) is 25.1 Å². The SMILES string of the molecule is CCN(Cc1ccccc1Cl)C(=O)c1ccccc1OCC(=O)N(C)C. The normalized spacial score (nSPS) is 10.3. The molecule has 2 rings (SSSR count). The van der Waals surface area contributed by atoms with Crippen molar-refractivity contribution in [2.24, 2.45) is 0 Å². The van der Waals surface area contributed by atoms with Crippen LogP contribution in [0.1, 0.15) is 22.8 Å². The molecule has 0 atom stereocenters. The molecule has 2 aromatic rings. The molecule has 0 spiro atoms. The minimum absolute atomic E-state index is 0.117. The summed E-state index contributed by atoms with van der Waals surface area (Å²) in [7, 11) is 3.32. The number of halogens is 1. The third kappa shape index (κ3) is 4.99. The molecule has 6 heteroatoms. The van der Waals surface area contributed by atoms with Gasteiger partial charge >= 0.3 is 0 Å². The first kappa shape index (κ1) is 19.8. The third-order valence-corrected chi connectivity index (χ3v) is 4.32. The van der Waals surface area contributed by atoms with Gasteiger partial charge in [-0.2, -0.15) is 0 Å². The second-order valence-corrected chi connectivity index (χ2v) is 6.39. The molecule has 138 valence electrons. The molecule has 0 N–H and O–H groups in total. The van der Waals surface area contributed by atoms with Crippen molar-refractivity contribution >= 4 is 23.4 Å². The van der Waals surface area contributed by atoms with E-state index in [0.717, 1.165) is 5.56 Å². The average molecular weight is 375 g/mol. The van der Waals surface area contributed by atoms with Crippen molar-refractivity contribution in [1.29, 1.82) is 0 Å². The molecule has 0 aliphatic carbocycles. The number of ether oxygens (including phenoxy) is 1. The molecule has 0 unspecified atom stereocenters. The lowest BCUT2D eigenvalue weighted by molar-refractivity contribution is -0.130. The van der Waals surface area contributed by atoms with Crippen molar-refractivity contribution in [1.82, 2.24) is 9.80 Å². The first-order valence-corrected chi connectivity index (χ1v) is 8.76. The lowest BCUT2D eigenvalue weighted by Crippen LogP contribution is -2.31. The van der Waals surface area contributed by atoms with E-state index in [1.54, 1.807) is 49.3 Å². The summed E-state index contributed by atoms with van der Waals surface area (Å²) in [5, 5.41) is 0.625. The number of carbonyl (C=O) groups excluding carboxylic acids is 2. The summed E-state index contributed by atoms with van der Waals surface area (Å²) in [6.45, 7) is 2.72. The first-order chi connectivity index (χ1) is 12.4. The average Bonchev–Trinajstić information content (AvgIpc) is 2.65. The van der Waals surface area contributed by atoms with Crippen LogP contribution in [-0.4, -0.2) is 48.9 Å². The summed E-state index contributed by atoms with van der Waals surface area (Å²) in [6.07, 6.45) is 0. The number of rotatable bonds is 7. The predicted molar refractivity (Wildman–Crippen MR) is 102 cm³/mol. The fourth-order valence-corrected chi connectivity index (χ4v) is 2.56. The van der Waals surface area contributed by atoms with E-state index in [0.29, 0.717) is 29.4 Å². The Balaban J connectivity index is 2.19. The maximum atomic E-state index is 13.0. The Labute approximate surface area is 159 Å². The topological polar surface area (TPSA) is 49.9 Å². The van der Waals surface area contributed by atoms with Crippen LogP contribution in [0.4, 0.5) is 0 Å². The number of benzene rings is 2. The number of likely N-dealkylation sites (N-methyl/N-ethyl adjacent to an activating group) is 1. The Bertz CT molecular complexity index is 777. The van der Waals surface area contributed by atoms with Gasteiger partial charge in [-0.3, -0.25) is 9.59 Å². The van der Waals surface area contributed by atoms with Crippen molar-refractivity contribution in [2.45, 2.75) is 13.5 Å². The highest BCUT2D eigenvalue weighted by Crippen LogP contribution is 2.23. The van der Waals surface area contributed by atoms with Crippen LogP contribution < -0.4 is 4.74 Å². The highest BCUT2D eigenvalue weighted by Gasteiger charge is 2.20. The summed E-state index contributed by atoms with van der Waals surface area (Å²) >= 11 is 6.22. The minimum Gasteiger partial charge on any atom is -0.483 e. The molecule has 0 saturated carbocycles. The molecule has 0 radical (unpaired) electrons. The van der Waals surface area contributed by atoms with Crippen molar-refractivity contribution in [3.05, 3.63) is 64.7 Å². The van der Waals surface area contributed by atoms with Crippen molar-refractivity contribution < 1.29 is 14.3 Å². The van der Waals surface area contributed by atoms with E-state index < -0.39 is 0 Å². The van der Waals surface area contributed by atoms with Gasteiger partial charge in [0, 0.05) is 32.2 Å². The summed E-state index contributed by atoms with van der Waals surface area (Å²) in [4.78, 5) is 27.9. The molecule has 2 aromatic carbocycles. The second-order valence-electron chi connectivity index (χ2n) is 5.98. The molecule has 2 amide bonds. The Hall–Kier alpha value is -2.53. The summed E-state index contributed by atoms with van der Waals surface area (Å²) in [5.74, 6) is 0.0568. The number of hydrogen-bond donors (Lipinski definition) is 0. The third-order valence-electron chi connectivity index (χ3n) is 3.96. The number of carbonyl (C=O) groups is 2. The van der Waals surface area contributed by atoms with Crippen LogP contribution in [-0.2, 0) is 11.3 Å². The van der Waals surface area contributed by atoms with Gasteiger partial charge in [-0.1, -0.05) is 41.9 Å². The van der Waals surface area contributed by atoms with Gasteiger partial charge in [0.2, 0.25) is 0 Å². The predicted octanol–water partition coefficient (Wildman–Crippen LogP) is 3.47. The van der Waals surface area contributed by atoms with E-state index in [9.17, 15) is 9.59 Å². The maximum Gasteiger partial charge on any atom is 0.259 e. The number of para-hydroxylation sites is 1. The van der Waals surface area contributed by atoms with Gasteiger partial charge in [0.05, 0.1) is 5.56 Å². The standard InChI is InChI=1S/C20H23ClN2O3/c1-4-23(13-15-9-5-7-11-17(15)21)20(25)16-10-6-8-12-18(16)26-14-19(24)22(2)3/h5-12H,4,13-14H2,1-3H3. The van der Waals surface area contributed by atoms with Gasteiger partial charge < -0.3 is 14.5 Å². The van der Waals surface area contributed by atoms with Crippen LogP contribution in [0.3, 0.4) is 0 Å². The number of nitrogens with zero attached hydrogens (tertiary/aromatic N) is 2. The molecule has 0 fully saturated rings. The molecule has 0 bridgehead atoms. The van der Waals surface area contributed by atoms with Gasteiger partial charge in [0.15, 0.2) is 6.61 Å². The zero-order chi connectivity index (χ0) is 19.1. The van der Waals surface area contributed by atoms with Crippen molar-refractivity contribution in [3.63, 3.8) is 0 Å². The highest BCUT2D eigenvalue weighted by atomic mass is 35.5. The summed E-state index contributed by atoms with van der Waals surface area (Å²) in [5.41, 5.74) is 1.30. The van der Waals surface area contributed by atoms with E-state index >= 15 is 0 Å². The maximum absolute atomic E-state index is 13.0. The van der Waals surface area contributed by atoms with E-state index in [1.165, 1.54) is 4.90 Å². The Morgan fingerprint density at radius 2 is 1.69 bits per heavy atom. The molecule has 0 heterocycles. The zero-order valence-electron chi connectivity index (χ0n) is 15.2. The lowest BCUT2D eigenvalue weighted by atomic mass is 10.1. The second kappa shape index (κ2) is 9.25. The quantitative estimate of drug-likeness (QED) is 0.745. The van der Waals surface area contributed by atoms with E-state index in [4.69, 9.17) is 16.3 Å². The van der Waals surface area contributed by atoms with Gasteiger partial charge in [-0.25, -0.2) is 0 Å². The van der Waals surface area contributed by atoms with Gasteiger partial charge in [-0.15, -0.1) is 0 Å². The minimum atomic E-state index is -0.171. The largest absolute Gasteiger partial charge is 0.483 e. The van der Waals surface area contributed by atoms with Crippen LogP contribution in [0.25, 0.3) is 0 Å². The Morgan fingerprint density at radius 1 is 1.04 bits per heavy atom. The van der Waals surface area contributed by atoms with Crippen LogP contribution in [0.5, 0.6) is 5.75 Å². The fraction of sp³-hybridized carbons (Fsp3) is 0.300. The zero-order valence-corrected chi connectivity index (χ0v) is 16.0. The fourth-order valence-electron chi connectivity index (χ4n) is 2.37. The molecular weight excluding hydrogens is 352 g/mol. The molecule has 5 nitrogen and oxygen atoms in total. The highest BCUT2D eigenvalue weighted by molar-refractivity contribution is 6.31. The number of amides is 2. The Kier molecular flexibility index (Phi) is 7.04. The molecule has 0 aliphatic rings. The lowest BCUT2D eigenvalue weighted by Gasteiger charge is -2.23. The van der Waals surface area contributed by atoms with Crippen LogP contribution in [0, 0.1) is 0 Å². The molecule has 26 heavy (non-hydrogen) atoms. The van der Waals surface area contributed by atoms with Crippen molar-refractivity contribution in [3.8, 4) is 5.75 Å². The molecule has 0 aromatic heterocycles. The monoisotopic (exact) mass is 374 g/mol. The van der Waals surface area contributed by atoms with Crippen LogP contribution in [0.2, 0.25) is 5.02 Å². The smallest absolute Gasteiger partial charge is 0.259 e. The number of hydrogen-bond acceptors (Lipinski definition) is 3. The van der Waals surface area contributed by atoms with Gasteiger partial charge in [-0.05, 0) is 30.7 Å². The molecule has 0 saturated heterocycles. The first-order valence-electron chi connectivity index (χ1n) is 8.38. The van der Waals surface area contributed by atoms with Crippen LogP contribution in [0.15, 0.2) is 48.5 Å². The van der Waals surface area contributed by atoms with E-state index in [2.05, 4.69) is 0 Å². The summed E-state index contributed by atoms with van der Waals surface area (Å²) < 4.78 is 5.59. The van der Waals surface area contributed by atoms with Gasteiger partial charge in [0.25, 0.3) is 11.8 Å². The Morgan fingerprint density at radius 3 is 2.35 bits per heavy atom. The van der Waals surface area contributed by atoms with Crippen molar-refractivity contribution in [2.75, 3.05) is 27.2 Å². The van der Waals surface area contributed by atoms with E-state index in [-0.39, 0.29) is 18.4 Å². The molecule has 0 aliphatic heterocycles. The van der Waals surface area contributed by atoms with Crippen LogP contribution >= 0.6 is 11.6 Å².